The first-order valence-electron chi connectivity index (χ1n) is 6.98. The lowest BCUT2D eigenvalue weighted by Crippen LogP contribution is -1.96. The van der Waals surface area contributed by atoms with Crippen molar-refractivity contribution < 1.29 is 9.47 Å². The van der Waals surface area contributed by atoms with Crippen molar-refractivity contribution in [3.63, 3.8) is 0 Å². The minimum absolute atomic E-state index is 0. The molecule has 5 nitrogen and oxygen atoms in total. The monoisotopic (exact) mass is 341 g/mol. The summed E-state index contributed by atoms with van der Waals surface area (Å²) in [5.74, 6) is 1.30. The first kappa shape index (κ1) is 16.7. The molecule has 0 amide bonds. The zero-order valence-electron chi connectivity index (χ0n) is 12.6. The lowest BCUT2D eigenvalue weighted by Gasteiger charge is -2.11. The van der Waals surface area contributed by atoms with Crippen LogP contribution in [0.3, 0.4) is 0 Å². The number of thiazole rings is 1. The molecule has 0 spiro atoms. The van der Waals surface area contributed by atoms with Crippen LogP contribution in [0.2, 0.25) is 0 Å². The van der Waals surface area contributed by atoms with Crippen LogP contribution in [0.1, 0.15) is 18.5 Å². The number of hydrogen-bond donors (Lipinski definition) is 2. The second-order valence-electron chi connectivity index (χ2n) is 4.97. The number of benzene rings is 1. The molecule has 1 aliphatic rings. The standard InChI is InChI=1S/C15H19N3O2S.ClH/c1-19-12-7-9(10(16)8-13(12)20-2)14-18-11-5-3-4-6-17-15(11)21-14;/h7-8,17H,3-6,16H2,1-2H3;1H. The van der Waals surface area contributed by atoms with E-state index in [1.165, 1.54) is 12.8 Å². The number of halogens is 1. The number of aryl methyl sites for hydroxylation is 1. The molecule has 0 saturated carbocycles. The molecule has 3 N–H and O–H groups in total. The molecule has 0 saturated heterocycles. The van der Waals surface area contributed by atoms with Gasteiger partial charge in [0.05, 0.1) is 19.9 Å². The Hall–Kier alpha value is -1.66. The Balaban J connectivity index is 0.00000176. The van der Waals surface area contributed by atoms with Gasteiger partial charge >= 0.3 is 0 Å². The Bertz CT molecular complexity index is 637. The van der Waals surface area contributed by atoms with Crippen LogP contribution in [0.15, 0.2) is 12.1 Å². The fourth-order valence-electron chi connectivity index (χ4n) is 2.47. The van der Waals surface area contributed by atoms with Gasteiger partial charge in [-0.25, -0.2) is 4.98 Å². The highest BCUT2D eigenvalue weighted by molar-refractivity contribution is 7.19. The Morgan fingerprint density at radius 2 is 1.91 bits per heavy atom. The predicted molar refractivity (Wildman–Crippen MR) is 93.7 cm³/mol. The van der Waals surface area contributed by atoms with E-state index < -0.39 is 0 Å². The first-order chi connectivity index (χ1) is 10.2. The van der Waals surface area contributed by atoms with Gasteiger partial charge in [0.15, 0.2) is 11.5 Å². The number of nitrogens with two attached hydrogens (primary N) is 1. The zero-order chi connectivity index (χ0) is 14.8. The average molecular weight is 342 g/mol. The summed E-state index contributed by atoms with van der Waals surface area (Å²) in [6.07, 6.45) is 3.38. The van der Waals surface area contributed by atoms with Crippen LogP contribution in [-0.4, -0.2) is 25.7 Å². The third-order valence-electron chi connectivity index (χ3n) is 3.61. The first-order valence-corrected chi connectivity index (χ1v) is 7.80. The molecular weight excluding hydrogens is 322 g/mol. The highest BCUT2D eigenvalue weighted by atomic mass is 35.5. The highest BCUT2D eigenvalue weighted by Crippen LogP contribution is 2.41. The van der Waals surface area contributed by atoms with Gasteiger partial charge in [-0.2, -0.15) is 0 Å². The summed E-state index contributed by atoms with van der Waals surface area (Å²) < 4.78 is 10.6. The third kappa shape index (κ3) is 3.08. The molecule has 0 atom stereocenters. The molecule has 2 heterocycles. The zero-order valence-corrected chi connectivity index (χ0v) is 14.3. The van der Waals surface area contributed by atoms with E-state index in [2.05, 4.69) is 5.32 Å². The summed E-state index contributed by atoms with van der Waals surface area (Å²) in [4.78, 5) is 4.75. The minimum Gasteiger partial charge on any atom is -0.493 e. The lowest BCUT2D eigenvalue weighted by atomic mass is 10.1. The SMILES string of the molecule is COc1cc(N)c(-c2nc3c(s2)NCCCC3)cc1OC.Cl. The Morgan fingerprint density at radius 3 is 2.64 bits per heavy atom. The van der Waals surface area contributed by atoms with Crippen LogP contribution in [0.5, 0.6) is 11.5 Å². The number of anilines is 2. The van der Waals surface area contributed by atoms with E-state index in [0.717, 1.165) is 34.2 Å². The predicted octanol–water partition coefficient (Wildman–Crippen LogP) is 3.58. The molecule has 1 aromatic carbocycles. The van der Waals surface area contributed by atoms with Gasteiger partial charge in [-0.1, -0.05) is 11.3 Å². The smallest absolute Gasteiger partial charge is 0.162 e. The van der Waals surface area contributed by atoms with Gasteiger partial charge in [-0.05, 0) is 25.3 Å². The van der Waals surface area contributed by atoms with E-state index >= 15 is 0 Å². The molecular formula is C15H20ClN3O2S. The molecule has 2 aromatic rings. The Labute approximate surface area is 140 Å². The molecule has 7 heteroatoms. The van der Waals surface area contributed by atoms with Crippen LogP contribution >= 0.6 is 23.7 Å². The maximum absolute atomic E-state index is 6.15. The number of rotatable bonds is 3. The maximum atomic E-state index is 6.15. The van der Waals surface area contributed by atoms with E-state index in [-0.39, 0.29) is 12.4 Å². The fourth-order valence-corrected chi connectivity index (χ4v) is 3.55. The molecule has 1 aliphatic heterocycles. The number of nitrogen functional groups attached to an aromatic ring is 1. The molecule has 0 unspecified atom stereocenters. The summed E-state index contributed by atoms with van der Waals surface area (Å²) in [7, 11) is 3.23. The van der Waals surface area contributed by atoms with Gasteiger partial charge in [-0.3, -0.25) is 0 Å². The molecule has 120 valence electrons. The summed E-state index contributed by atoms with van der Waals surface area (Å²) in [6.45, 7) is 1.01. The molecule has 0 bridgehead atoms. The molecule has 0 radical (unpaired) electrons. The van der Waals surface area contributed by atoms with Crippen molar-refractivity contribution in [2.75, 3.05) is 31.8 Å². The Morgan fingerprint density at radius 1 is 1.18 bits per heavy atom. The van der Waals surface area contributed by atoms with E-state index in [0.29, 0.717) is 17.2 Å². The largest absolute Gasteiger partial charge is 0.493 e. The van der Waals surface area contributed by atoms with E-state index in [1.54, 1.807) is 31.6 Å². The van der Waals surface area contributed by atoms with Crippen molar-refractivity contribution in [3.05, 3.63) is 17.8 Å². The van der Waals surface area contributed by atoms with Crippen molar-refractivity contribution in [2.24, 2.45) is 0 Å². The van der Waals surface area contributed by atoms with Gasteiger partial charge in [-0.15, -0.1) is 12.4 Å². The molecule has 0 aliphatic carbocycles. The lowest BCUT2D eigenvalue weighted by molar-refractivity contribution is 0.355. The van der Waals surface area contributed by atoms with Crippen molar-refractivity contribution in [1.29, 1.82) is 0 Å². The number of fused-ring (bicyclic) bond motifs is 1. The summed E-state index contributed by atoms with van der Waals surface area (Å²) in [5, 5.41) is 5.53. The number of hydrogen-bond acceptors (Lipinski definition) is 6. The number of nitrogens with zero attached hydrogens (tertiary/aromatic N) is 1. The summed E-state index contributed by atoms with van der Waals surface area (Å²) in [5.41, 5.74) is 8.84. The van der Waals surface area contributed by atoms with Crippen LogP contribution < -0.4 is 20.5 Å². The van der Waals surface area contributed by atoms with Crippen LogP contribution in [0.4, 0.5) is 10.7 Å². The van der Waals surface area contributed by atoms with Gasteiger partial charge < -0.3 is 20.5 Å². The van der Waals surface area contributed by atoms with E-state index in [1.807, 2.05) is 6.07 Å². The van der Waals surface area contributed by atoms with Gasteiger partial charge in [0.1, 0.15) is 10.0 Å². The van der Waals surface area contributed by atoms with Crippen molar-refractivity contribution in [1.82, 2.24) is 4.98 Å². The number of aromatic nitrogens is 1. The van der Waals surface area contributed by atoms with Crippen molar-refractivity contribution in [3.8, 4) is 22.1 Å². The minimum atomic E-state index is 0. The summed E-state index contributed by atoms with van der Waals surface area (Å²) in [6, 6.07) is 3.68. The van der Waals surface area contributed by atoms with Crippen LogP contribution in [0.25, 0.3) is 10.6 Å². The summed E-state index contributed by atoms with van der Waals surface area (Å²) >= 11 is 1.65. The quantitative estimate of drug-likeness (QED) is 0.835. The average Bonchev–Trinajstić information content (AvgIpc) is 2.77. The fraction of sp³-hybridized carbons (Fsp3) is 0.400. The van der Waals surface area contributed by atoms with Crippen LogP contribution in [-0.2, 0) is 6.42 Å². The van der Waals surface area contributed by atoms with Crippen molar-refractivity contribution >= 4 is 34.4 Å². The Kier molecular flexibility index (Phi) is 5.37. The number of ether oxygens (including phenoxy) is 2. The van der Waals surface area contributed by atoms with Crippen molar-refractivity contribution in [2.45, 2.75) is 19.3 Å². The van der Waals surface area contributed by atoms with Gasteiger partial charge in [0, 0.05) is 23.9 Å². The van der Waals surface area contributed by atoms with Gasteiger partial charge in [0.2, 0.25) is 0 Å². The molecule has 0 fully saturated rings. The van der Waals surface area contributed by atoms with E-state index in [9.17, 15) is 0 Å². The molecule has 3 rings (SSSR count). The number of nitrogens with one attached hydrogen (secondary N) is 1. The second-order valence-corrected chi connectivity index (χ2v) is 5.97. The maximum Gasteiger partial charge on any atom is 0.162 e. The number of methoxy groups -OCH3 is 2. The third-order valence-corrected chi connectivity index (χ3v) is 4.70. The molecule has 1 aromatic heterocycles. The highest BCUT2D eigenvalue weighted by Gasteiger charge is 2.18. The topological polar surface area (TPSA) is 69.4 Å². The normalized spacial score (nSPS) is 13.4. The van der Waals surface area contributed by atoms with E-state index in [4.69, 9.17) is 20.2 Å². The molecule has 22 heavy (non-hydrogen) atoms. The van der Waals surface area contributed by atoms with Crippen LogP contribution in [0, 0.1) is 0 Å². The van der Waals surface area contributed by atoms with Gasteiger partial charge in [0.25, 0.3) is 0 Å². The second kappa shape index (κ2) is 7.07.